The number of hydrogen-bond acceptors (Lipinski definition) is 5. The highest BCUT2D eigenvalue weighted by Gasteiger charge is 2.07. The van der Waals surface area contributed by atoms with Gasteiger partial charge in [0, 0.05) is 18.2 Å². The number of nitrogens with zero attached hydrogens (tertiary/aromatic N) is 2. The number of rotatable bonds is 6. The van der Waals surface area contributed by atoms with E-state index in [1.54, 1.807) is 0 Å². The Hall–Kier alpha value is -2.96. The third-order valence-corrected chi connectivity index (χ3v) is 3.09. The van der Waals surface area contributed by atoms with E-state index in [4.69, 9.17) is 5.11 Å². The standard InChI is InChI=1S/C16H18N4O3/c1-10(2)15(21)20-12-5-3-11(4-6-12)7-18-14-9-17-13(8-19-14)16(22)23/h3-6,8-10H,7H2,1-2H3,(H,18,19)(H,20,21)(H,22,23). The average molecular weight is 314 g/mol. The number of amides is 1. The molecular formula is C16H18N4O3. The van der Waals surface area contributed by atoms with E-state index in [9.17, 15) is 9.59 Å². The lowest BCUT2D eigenvalue weighted by Crippen LogP contribution is -2.17. The highest BCUT2D eigenvalue weighted by Crippen LogP contribution is 2.12. The Kier molecular flexibility index (Phi) is 5.24. The van der Waals surface area contributed by atoms with Gasteiger partial charge in [0.05, 0.1) is 12.4 Å². The molecule has 0 radical (unpaired) electrons. The minimum atomic E-state index is -1.11. The first-order chi connectivity index (χ1) is 11.0. The van der Waals surface area contributed by atoms with Crippen LogP contribution in [0.1, 0.15) is 29.9 Å². The Morgan fingerprint density at radius 3 is 2.35 bits per heavy atom. The van der Waals surface area contributed by atoms with Crippen molar-refractivity contribution in [1.82, 2.24) is 9.97 Å². The van der Waals surface area contributed by atoms with Crippen molar-refractivity contribution in [1.29, 1.82) is 0 Å². The topological polar surface area (TPSA) is 104 Å². The summed E-state index contributed by atoms with van der Waals surface area (Å²) >= 11 is 0. The van der Waals surface area contributed by atoms with Gasteiger partial charge in [0.15, 0.2) is 5.69 Å². The maximum Gasteiger partial charge on any atom is 0.356 e. The minimum absolute atomic E-state index is 0.0235. The normalized spacial score (nSPS) is 10.4. The molecule has 0 aliphatic carbocycles. The van der Waals surface area contributed by atoms with Crippen LogP contribution in [0.15, 0.2) is 36.7 Å². The SMILES string of the molecule is CC(C)C(=O)Nc1ccc(CNc2cnc(C(=O)O)cn2)cc1. The van der Waals surface area contributed by atoms with E-state index in [1.807, 2.05) is 38.1 Å². The fourth-order valence-corrected chi connectivity index (χ4v) is 1.71. The molecule has 0 bridgehead atoms. The maximum absolute atomic E-state index is 11.6. The second-order valence-electron chi connectivity index (χ2n) is 5.29. The van der Waals surface area contributed by atoms with Crippen molar-refractivity contribution >= 4 is 23.4 Å². The van der Waals surface area contributed by atoms with E-state index in [-0.39, 0.29) is 17.5 Å². The van der Waals surface area contributed by atoms with Gasteiger partial charge in [-0.2, -0.15) is 0 Å². The number of aromatic carboxylic acids is 1. The van der Waals surface area contributed by atoms with Gasteiger partial charge in [-0.25, -0.2) is 14.8 Å². The zero-order valence-electron chi connectivity index (χ0n) is 12.9. The lowest BCUT2D eigenvalue weighted by Gasteiger charge is -2.09. The number of carbonyl (C=O) groups is 2. The lowest BCUT2D eigenvalue weighted by atomic mass is 10.1. The Bertz CT molecular complexity index is 681. The molecule has 0 aliphatic rings. The number of aromatic nitrogens is 2. The van der Waals surface area contributed by atoms with E-state index in [0.29, 0.717) is 12.4 Å². The molecule has 0 unspecified atom stereocenters. The predicted octanol–water partition coefficient (Wildman–Crippen LogP) is 2.38. The molecular weight excluding hydrogens is 296 g/mol. The largest absolute Gasteiger partial charge is 0.476 e. The molecule has 3 N–H and O–H groups in total. The molecule has 0 saturated carbocycles. The van der Waals surface area contributed by atoms with E-state index in [2.05, 4.69) is 20.6 Å². The van der Waals surface area contributed by atoms with E-state index >= 15 is 0 Å². The van der Waals surface area contributed by atoms with Crippen LogP contribution >= 0.6 is 0 Å². The third-order valence-electron chi connectivity index (χ3n) is 3.09. The highest BCUT2D eigenvalue weighted by atomic mass is 16.4. The molecule has 1 heterocycles. The second-order valence-corrected chi connectivity index (χ2v) is 5.29. The Balaban J connectivity index is 1.91. The molecule has 1 amide bonds. The third kappa shape index (κ3) is 4.77. The van der Waals surface area contributed by atoms with Crippen molar-refractivity contribution in [3.63, 3.8) is 0 Å². The molecule has 1 aromatic heterocycles. The van der Waals surface area contributed by atoms with Crippen molar-refractivity contribution in [2.45, 2.75) is 20.4 Å². The average Bonchev–Trinajstić information content (AvgIpc) is 2.54. The number of nitrogens with one attached hydrogen (secondary N) is 2. The molecule has 0 aliphatic heterocycles. The Morgan fingerprint density at radius 2 is 1.83 bits per heavy atom. The summed E-state index contributed by atoms with van der Waals surface area (Å²) in [6, 6.07) is 7.44. The van der Waals surface area contributed by atoms with Crippen LogP contribution in [-0.2, 0) is 11.3 Å². The van der Waals surface area contributed by atoms with E-state index in [0.717, 1.165) is 11.3 Å². The maximum atomic E-state index is 11.6. The summed E-state index contributed by atoms with van der Waals surface area (Å²) in [7, 11) is 0. The van der Waals surface area contributed by atoms with Crippen LogP contribution in [0.3, 0.4) is 0 Å². The van der Waals surface area contributed by atoms with Crippen molar-refractivity contribution < 1.29 is 14.7 Å². The number of benzene rings is 1. The molecule has 2 aromatic rings. The summed E-state index contributed by atoms with van der Waals surface area (Å²) in [5.74, 6) is -0.705. The van der Waals surface area contributed by atoms with Crippen LogP contribution < -0.4 is 10.6 Å². The molecule has 120 valence electrons. The highest BCUT2D eigenvalue weighted by molar-refractivity contribution is 5.92. The molecule has 23 heavy (non-hydrogen) atoms. The summed E-state index contributed by atoms with van der Waals surface area (Å²) in [5.41, 5.74) is 1.65. The van der Waals surface area contributed by atoms with Crippen molar-refractivity contribution in [2.75, 3.05) is 10.6 Å². The first kappa shape index (κ1) is 16.4. The van der Waals surface area contributed by atoms with Crippen LogP contribution in [0.2, 0.25) is 0 Å². The van der Waals surface area contributed by atoms with E-state index in [1.165, 1.54) is 12.4 Å². The van der Waals surface area contributed by atoms with Gasteiger partial charge in [-0.1, -0.05) is 26.0 Å². The summed E-state index contributed by atoms with van der Waals surface area (Å²) < 4.78 is 0. The molecule has 0 fully saturated rings. The number of anilines is 2. The van der Waals surface area contributed by atoms with Crippen LogP contribution in [0.5, 0.6) is 0 Å². The smallest absolute Gasteiger partial charge is 0.356 e. The van der Waals surface area contributed by atoms with Gasteiger partial charge >= 0.3 is 5.97 Å². The van der Waals surface area contributed by atoms with Gasteiger partial charge < -0.3 is 15.7 Å². The van der Waals surface area contributed by atoms with Crippen LogP contribution in [0.25, 0.3) is 0 Å². The minimum Gasteiger partial charge on any atom is -0.476 e. The van der Waals surface area contributed by atoms with Gasteiger partial charge in [-0.05, 0) is 17.7 Å². The van der Waals surface area contributed by atoms with Gasteiger partial charge in [-0.15, -0.1) is 0 Å². The van der Waals surface area contributed by atoms with Crippen LogP contribution in [-0.4, -0.2) is 27.0 Å². The first-order valence-electron chi connectivity index (χ1n) is 7.14. The van der Waals surface area contributed by atoms with Crippen molar-refractivity contribution in [3.8, 4) is 0 Å². The molecule has 1 aromatic carbocycles. The fraction of sp³-hybridized carbons (Fsp3) is 0.250. The van der Waals surface area contributed by atoms with Crippen LogP contribution in [0, 0.1) is 5.92 Å². The molecule has 7 nitrogen and oxygen atoms in total. The predicted molar refractivity (Wildman–Crippen MR) is 86.2 cm³/mol. The van der Waals surface area contributed by atoms with Crippen molar-refractivity contribution in [3.05, 3.63) is 47.9 Å². The summed E-state index contributed by atoms with van der Waals surface area (Å²) in [5, 5.41) is 14.6. The molecule has 2 rings (SSSR count). The first-order valence-corrected chi connectivity index (χ1v) is 7.14. The van der Waals surface area contributed by atoms with Crippen LogP contribution in [0.4, 0.5) is 11.5 Å². The number of carboxylic acid groups (broad SMARTS) is 1. The fourth-order valence-electron chi connectivity index (χ4n) is 1.71. The number of hydrogen-bond donors (Lipinski definition) is 3. The summed E-state index contributed by atoms with van der Waals surface area (Å²) in [6.45, 7) is 4.19. The molecule has 0 saturated heterocycles. The van der Waals surface area contributed by atoms with Gasteiger partial charge in [-0.3, -0.25) is 4.79 Å². The monoisotopic (exact) mass is 314 g/mol. The number of carboxylic acids is 1. The second kappa shape index (κ2) is 7.35. The summed E-state index contributed by atoms with van der Waals surface area (Å²) in [6.07, 6.45) is 2.58. The zero-order valence-corrected chi connectivity index (χ0v) is 12.9. The molecule has 7 heteroatoms. The Morgan fingerprint density at radius 1 is 1.13 bits per heavy atom. The van der Waals surface area contributed by atoms with E-state index < -0.39 is 5.97 Å². The van der Waals surface area contributed by atoms with Gasteiger partial charge in [0.1, 0.15) is 5.82 Å². The lowest BCUT2D eigenvalue weighted by molar-refractivity contribution is -0.118. The Labute approximate surface area is 133 Å². The summed E-state index contributed by atoms with van der Waals surface area (Å²) in [4.78, 5) is 30.1. The zero-order chi connectivity index (χ0) is 16.8. The number of carbonyl (C=O) groups excluding carboxylic acids is 1. The van der Waals surface area contributed by atoms with Gasteiger partial charge in [0.2, 0.25) is 5.91 Å². The van der Waals surface area contributed by atoms with Crippen molar-refractivity contribution in [2.24, 2.45) is 5.92 Å². The quantitative estimate of drug-likeness (QED) is 0.756. The molecule has 0 atom stereocenters. The van der Waals surface area contributed by atoms with Gasteiger partial charge in [0.25, 0.3) is 0 Å². The molecule has 0 spiro atoms.